The zero-order chi connectivity index (χ0) is 17.0. The molecule has 23 heavy (non-hydrogen) atoms. The maximum atomic E-state index is 12.7. The summed E-state index contributed by atoms with van der Waals surface area (Å²) in [6, 6.07) is 6.45. The van der Waals surface area contributed by atoms with Gasteiger partial charge in [-0.25, -0.2) is 8.42 Å². The Kier molecular flexibility index (Phi) is 5.78. The maximum Gasteiger partial charge on any atom is 0.254 e. The molecule has 0 spiro atoms. The predicted octanol–water partition coefficient (Wildman–Crippen LogP) is 1.15. The molecule has 1 aromatic carbocycles. The number of sulfonamides is 1. The quantitative estimate of drug-likeness (QED) is 0.874. The van der Waals surface area contributed by atoms with Crippen molar-refractivity contribution in [2.24, 2.45) is 0 Å². The highest BCUT2D eigenvalue weighted by molar-refractivity contribution is 7.89. The number of piperazine rings is 1. The van der Waals surface area contributed by atoms with Gasteiger partial charge in [0.05, 0.1) is 4.90 Å². The molecule has 0 unspecified atom stereocenters. The van der Waals surface area contributed by atoms with E-state index in [-0.39, 0.29) is 16.8 Å². The summed E-state index contributed by atoms with van der Waals surface area (Å²) >= 11 is 0. The van der Waals surface area contributed by atoms with Gasteiger partial charge in [-0.3, -0.25) is 4.79 Å². The van der Waals surface area contributed by atoms with Gasteiger partial charge in [-0.1, -0.05) is 19.9 Å². The molecule has 0 saturated carbocycles. The molecule has 1 aromatic rings. The number of nitrogens with zero attached hydrogens (tertiary/aromatic N) is 2. The summed E-state index contributed by atoms with van der Waals surface area (Å²) in [5.74, 6) is -0.115. The van der Waals surface area contributed by atoms with E-state index in [9.17, 15) is 13.2 Å². The summed E-state index contributed by atoms with van der Waals surface area (Å²) in [5.41, 5.74) is 0.423. The Labute approximate surface area is 138 Å². The average Bonchev–Trinajstić information content (AvgIpc) is 2.55. The zero-order valence-corrected chi connectivity index (χ0v) is 14.8. The van der Waals surface area contributed by atoms with E-state index in [1.165, 1.54) is 10.4 Å². The van der Waals surface area contributed by atoms with Crippen LogP contribution in [-0.2, 0) is 10.0 Å². The van der Waals surface area contributed by atoms with Crippen molar-refractivity contribution in [1.82, 2.24) is 14.5 Å². The van der Waals surface area contributed by atoms with Crippen LogP contribution in [0, 0.1) is 0 Å². The number of benzene rings is 1. The van der Waals surface area contributed by atoms with E-state index in [4.69, 9.17) is 0 Å². The lowest BCUT2D eigenvalue weighted by Gasteiger charge is -2.34. The zero-order valence-electron chi connectivity index (χ0n) is 13.9. The van der Waals surface area contributed by atoms with Crippen molar-refractivity contribution in [2.45, 2.75) is 31.7 Å². The molecule has 7 heteroatoms. The molecule has 6 nitrogen and oxygen atoms in total. The molecule has 1 atom stereocenters. The van der Waals surface area contributed by atoms with Crippen LogP contribution in [0.2, 0.25) is 0 Å². The Hall–Kier alpha value is -1.44. The second-order valence-corrected chi connectivity index (χ2v) is 7.61. The minimum Gasteiger partial charge on any atom is -0.333 e. The SMILES string of the molecule is CCN(CC)S(=O)(=O)c1cccc(C(=O)N2CCNC[C@@H]2C)c1. The number of rotatable bonds is 5. The lowest BCUT2D eigenvalue weighted by Crippen LogP contribution is -2.52. The van der Waals surface area contributed by atoms with Crippen molar-refractivity contribution in [3.63, 3.8) is 0 Å². The summed E-state index contributed by atoms with van der Waals surface area (Å²) < 4.78 is 26.6. The van der Waals surface area contributed by atoms with Gasteiger partial charge in [-0.2, -0.15) is 4.31 Å². The van der Waals surface area contributed by atoms with Crippen LogP contribution in [-0.4, -0.2) is 62.3 Å². The highest BCUT2D eigenvalue weighted by atomic mass is 32.2. The van der Waals surface area contributed by atoms with Crippen molar-refractivity contribution in [3.05, 3.63) is 29.8 Å². The number of nitrogens with one attached hydrogen (secondary N) is 1. The van der Waals surface area contributed by atoms with Crippen LogP contribution in [0.25, 0.3) is 0 Å². The molecular formula is C16H25N3O3S. The molecule has 2 rings (SSSR count). The highest BCUT2D eigenvalue weighted by Gasteiger charge is 2.26. The number of hydrogen-bond donors (Lipinski definition) is 1. The molecule has 1 amide bonds. The standard InChI is InChI=1S/C16H25N3O3S/c1-4-18(5-2)23(21,22)15-8-6-7-14(11-15)16(20)19-10-9-17-12-13(19)3/h6-8,11,13,17H,4-5,9-10,12H2,1-3H3/t13-/m0/s1. The van der Waals surface area contributed by atoms with Crippen LogP contribution in [0.3, 0.4) is 0 Å². The Morgan fingerprint density at radius 1 is 1.35 bits per heavy atom. The topological polar surface area (TPSA) is 69.7 Å². The predicted molar refractivity (Wildman–Crippen MR) is 89.9 cm³/mol. The summed E-state index contributed by atoms with van der Waals surface area (Å²) in [6.45, 7) is 8.55. The van der Waals surface area contributed by atoms with Crippen LogP contribution in [0.5, 0.6) is 0 Å². The maximum absolute atomic E-state index is 12.7. The first kappa shape index (κ1) is 17.9. The summed E-state index contributed by atoms with van der Waals surface area (Å²) in [7, 11) is -3.55. The monoisotopic (exact) mass is 339 g/mol. The minimum absolute atomic E-state index is 0.0966. The first-order valence-corrected chi connectivity index (χ1v) is 9.47. The van der Waals surface area contributed by atoms with E-state index in [1.54, 1.807) is 36.9 Å². The van der Waals surface area contributed by atoms with Crippen molar-refractivity contribution >= 4 is 15.9 Å². The second kappa shape index (κ2) is 7.42. The van der Waals surface area contributed by atoms with E-state index >= 15 is 0 Å². The molecule has 1 saturated heterocycles. The van der Waals surface area contributed by atoms with Crippen LogP contribution >= 0.6 is 0 Å². The third-order valence-electron chi connectivity index (χ3n) is 4.19. The van der Waals surface area contributed by atoms with Gasteiger partial charge in [-0.15, -0.1) is 0 Å². The van der Waals surface area contributed by atoms with E-state index in [0.29, 0.717) is 25.2 Å². The van der Waals surface area contributed by atoms with E-state index in [2.05, 4.69) is 5.32 Å². The van der Waals surface area contributed by atoms with Crippen LogP contribution in [0.4, 0.5) is 0 Å². The lowest BCUT2D eigenvalue weighted by molar-refractivity contribution is 0.0655. The van der Waals surface area contributed by atoms with Crippen molar-refractivity contribution in [1.29, 1.82) is 0 Å². The number of carbonyl (C=O) groups excluding carboxylic acids is 1. The molecule has 0 radical (unpaired) electrons. The summed E-state index contributed by atoms with van der Waals surface area (Å²) in [4.78, 5) is 14.7. The van der Waals surface area contributed by atoms with Crippen molar-refractivity contribution in [3.8, 4) is 0 Å². The fraction of sp³-hybridized carbons (Fsp3) is 0.562. The number of carbonyl (C=O) groups is 1. The minimum atomic E-state index is -3.55. The highest BCUT2D eigenvalue weighted by Crippen LogP contribution is 2.19. The van der Waals surface area contributed by atoms with Crippen molar-refractivity contribution in [2.75, 3.05) is 32.7 Å². The van der Waals surface area contributed by atoms with Gasteiger partial charge < -0.3 is 10.2 Å². The Bertz CT molecular complexity index is 656. The third-order valence-corrected chi connectivity index (χ3v) is 6.23. The normalized spacial score (nSPS) is 19.1. The molecule has 0 bridgehead atoms. The summed E-state index contributed by atoms with van der Waals surface area (Å²) in [5, 5.41) is 3.24. The Morgan fingerprint density at radius 2 is 2.04 bits per heavy atom. The van der Waals surface area contributed by atoms with Crippen LogP contribution in [0.1, 0.15) is 31.1 Å². The average molecular weight is 339 g/mol. The molecule has 128 valence electrons. The van der Waals surface area contributed by atoms with Gasteiger partial charge >= 0.3 is 0 Å². The van der Waals surface area contributed by atoms with E-state index in [1.807, 2.05) is 6.92 Å². The number of hydrogen-bond acceptors (Lipinski definition) is 4. The van der Waals surface area contributed by atoms with Crippen LogP contribution < -0.4 is 5.32 Å². The molecule has 1 aliphatic rings. The largest absolute Gasteiger partial charge is 0.333 e. The van der Waals surface area contributed by atoms with Gasteiger partial charge in [0.25, 0.3) is 5.91 Å². The van der Waals surface area contributed by atoms with Gasteiger partial charge in [0.2, 0.25) is 10.0 Å². The fourth-order valence-electron chi connectivity index (χ4n) is 2.81. The van der Waals surface area contributed by atoms with Gasteiger partial charge in [0, 0.05) is 44.3 Å². The molecule has 0 aromatic heterocycles. The summed E-state index contributed by atoms with van der Waals surface area (Å²) in [6.07, 6.45) is 0. The third kappa shape index (κ3) is 3.73. The smallest absolute Gasteiger partial charge is 0.254 e. The molecule has 0 aliphatic carbocycles. The fourth-order valence-corrected chi connectivity index (χ4v) is 4.32. The first-order chi connectivity index (χ1) is 10.9. The van der Waals surface area contributed by atoms with Gasteiger partial charge in [0.15, 0.2) is 0 Å². The van der Waals surface area contributed by atoms with E-state index in [0.717, 1.165) is 13.1 Å². The molecular weight excluding hydrogens is 314 g/mol. The Morgan fingerprint density at radius 3 is 2.65 bits per heavy atom. The second-order valence-electron chi connectivity index (χ2n) is 5.67. The molecule has 1 fully saturated rings. The molecule has 1 N–H and O–H groups in total. The van der Waals surface area contributed by atoms with Crippen molar-refractivity contribution < 1.29 is 13.2 Å². The lowest BCUT2D eigenvalue weighted by atomic mass is 10.1. The Balaban J connectivity index is 2.31. The van der Waals surface area contributed by atoms with Crippen LogP contribution in [0.15, 0.2) is 29.2 Å². The van der Waals surface area contributed by atoms with Gasteiger partial charge in [-0.05, 0) is 25.1 Å². The van der Waals surface area contributed by atoms with Gasteiger partial charge in [0.1, 0.15) is 0 Å². The number of amides is 1. The first-order valence-electron chi connectivity index (χ1n) is 8.03. The molecule has 1 aliphatic heterocycles. The molecule has 1 heterocycles. The van der Waals surface area contributed by atoms with E-state index < -0.39 is 10.0 Å².